The summed E-state index contributed by atoms with van der Waals surface area (Å²) in [5.41, 5.74) is 21.0. The molecule has 0 bridgehead atoms. The van der Waals surface area contributed by atoms with Gasteiger partial charge in [-0.2, -0.15) is 0 Å². The van der Waals surface area contributed by atoms with E-state index in [4.69, 9.17) is 8.83 Å². The van der Waals surface area contributed by atoms with Crippen LogP contribution in [0.2, 0.25) is 0 Å². The number of hydrogen-bond donors (Lipinski definition) is 0. The van der Waals surface area contributed by atoms with Crippen molar-refractivity contribution >= 4 is 84.4 Å². The van der Waals surface area contributed by atoms with Gasteiger partial charge in [-0.1, -0.05) is 125 Å². The number of aryl methyl sites for hydroxylation is 1. The molecule has 2 unspecified atom stereocenters. The number of rotatable bonds is 1. The predicted octanol–water partition coefficient (Wildman–Crippen LogP) is 14.7. The van der Waals surface area contributed by atoms with Crippen LogP contribution in [0, 0.1) is 6.92 Å². The fourth-order valence-electron chi connectivity index (χ4n) is 12.3. The lowest BCUT2D eigenvalue weighted by Gasteiger charge is -2.53. The molecule has 312 valence electrons. The first-order valence-corrected chi connectivity index (χ1v) is 23.2. The number of hydrogen-bond acceptors (Lipinski definition) is 4. The zero-order valence-electron chi connectivity index (χ0n) is 38.8. The zero-order valence-corrected chi connectivity index (χ0v) is 38.8. The Kier molecular flexibility index (Phi) is 7.39. The van der Waals surface area contributed by atoms with E-state index in [1.807, 2.05) is 0 Å². The molecule has 12 rings (SSSR count). The summed E-state index contributed by atoms with van der Waals surface area (Å²) in [5.74, 6) is 0. The summed E-state index contributed by atoms with van der Waals surface area (Å²) in [5, 5.41) is 4.64. The second-order valence-electron chi connectivity index (χ2n) is 23.0. The number of furan rings is 2. The summed E-state index contributed by atoms with van der Waals surface area (Å²) in [6.45, 7) is 28.2. The molecule has 2 aromatic heterocycles. The highest BCUT2D eigenvalue weighted by molar-refractivity contribution is 6.93. The first-order chi connectivity index (χ1) is 29.2. The van der Waals surface area contributed by atoms with Gasteiger partial charge in [-0.05, 0) is 124 Å². The van der Waals surface area contributed by atoms with Crippen LogP contribution in [0.4, 0.5) is 22.7 Å². The highest BCUT2D eigenvalue weighted by Gasteiger charge is 2.62. The average molecular weight is 815 g/mol. The lowest BCUT2D eigenvalue weighted by Crippen LogP contribution is -2.64. The zero-order chi connectivity index (χ0) is 43.2. The molecule has 6 aromatic carbocycles. The second kappa shape index (κ2) is 12.0. The minimum absolute atomic E-state index is 0.0160. The van der Waals surface area contributed by atoms with Gasteiger partial charge < -0.3 is 18.5 Å². The topological polar surface area (TPSA) is 32.8 Å². The van der Waals surface area contributed by atoms with Crippen LogP contribution in [-0.2, 0) is 21.7 Å². The van der Waals surface area contributed by atoms with Gasteiger partial charge in [-0.15, -0.1) is 0 Å². The van der Waals surface area contributed by atoms with Gasteiger partial charge in [0, 0.05) is 67.4 Å². The molecule has 0 saturated heterocycles. The van der Waals surface area contributed by atoms with Gasteiger partial charge in [0.05, 0.1) is 5.54 Å². The van der Waals surface area contributed by atoms with Crippen LogP contribution in [0.1, 0.15) is 130 Å². The molecule has 0 amide bonds. The quantitative estimate of drug-likeness (QED) is 0.155. The van der Waals surface area contributed by atoms with Crippen molar-refractivity contribution in [1.82, 2.24) is 0 Å². The standard InChI is InChI=1S/C57H59BN2O2/c1-32-23-42-40-30-41-39-19-16-34(54(5,6)7)28-48(39)62-50(41)31-45(40)60(36-17-20-38-37-18-15-33(53(2,3)4)27-47(37)61-49(38)29-36)58-44-26-35(55(8,9)10)25-43-52(44)59(46(24-32)51(42)58)57(12)22-14-13-21-56(43,57)11/h15-20,23-31H,13-14,21-22H2,1-12H3. The largest absolute Gasteiger partial charge is 0.456 e. The third-order valence-electron chi connectivity index (χ3n) is 16.1. The summed E-state index contributed by atoms with van der Waals surface area (Å²) >= 11 is 0. The molecule has 0 radical (unpaired) electrons. The Bertz CT molecular complexity index is 3270. The highest BCUT2D eigenvalue weighted by atomic mass is 16.3. The molecular formula is C57H59BN2O2. The summed E-state index contributed by atoms with van der Waals surface area (Å²) in [6.07, 6.45) is 4.89. The van der Waals surface area contributed by atoms with Crippen molar-refractivity contribution < 1.29 is 8.83 Å². The van der Waals surface area contributed by atoms with E-state index in [1.165, 1.54) is 98.0 Å². The number of nitrogens with zero attached hydrogens (tertiary/aromatic N) is 2. The van der Waals surface area contributed by atoms with Gasteiger partial charge in [-0.25, -0.2) is 0 Å². The van der Waals surface area contributed by atoms with Crippen molar-refractivity contribution in [2.24, 2.45) is 0 Å². The van der Waals surface area contributed by atoms with Gasteiger partial charge in [0.1, 0.15) is 22.3 Å². The van der Waals surface area contributed by atoms with Crippen LogP contribution in [0.3, 0.4) is 0 Å². The minimum atomic E-state index is -0.0728. The van der Waals surface area contributed by atoms with Gasteiger partial charge in [0.25, 0.3) is 0 Å². The number of fused-ring (bicyclic) bond motifs is 13. The van der Waals surface area contributed by atoms with Gasteiger partial charge in [0.2, 0.25) is 0 Å². The molecule has 2 atom stereocenters. The predicted molar refractivity (Wildman–Crippen MR) is 264 cm³/mol. The van der Waals surface area contributed by atoms with Crippen molar-refractivity contribution in [2.45, 2.75) is 136 Å². The summed E-state index contributed by atoms with van der Waals surface area (Å²) in [7, 11) is 0. The molecule has 1 fully saturated rings. The van der Waals surface area contributed by atoms with Gasteiger partial charge in [-0.3, -0.25) is 0 Å². The molecule has 0 N–H and O–H groups in total. The highest BCUT2D eigenvalue weighted by Crippen LogP contribution is 2.63. The molecule has 4 aliphatic rings. The van der Waals surface area contributed by atoms with Crippen molar-refractivity contribution in [3.63, 3.8) is 0 Å². The normalized spacial score (nSPS) is 20.7. The maximum Gasteiger partial charge on any atom is 0.333 e. The third-order valence-corrected chi connectivity index (χ3v) is 16.1. The summed E-state index contributed by atoms with van der Waals surface area (Å²) in [6, 6.07) is 35.6. The van der Waals surface area contributed by atoms with E-state index in [-0.39, 0.29) is 34.0 Å². The molecule has 4 nitrogen and oxygen atoms in total. The van der Waals surface area contributed by atoms with E-state index in [9.17, 15) is 0 Å². The van der Waals surface area contributed by atoms with Crippen molar-refractivity contribution in [3.8, 4) is 11.1 Å². The summed E-state index contributed by atoms with van der Waals surface area (Å²) < 4.78 is 13.8. The SMILES string of the molecule is Cc1cc2c3c(c1)N1c4c(cc(C(C)(C)C)cc4C4(C)CCCCC14C)B3N(c1ccc3c(c1)oc1cc(C(C)(C)C)ccc13)c1cc3oc4cc(C(C)(C)C)ccc4c3cc1-2. The van der Waals surface area contributed by atoms with Crippen LogP contribution in [0.25, 0.3) is 55.0 Å². The number of benzene rings is 6. The molecule has 62 heavy (non-hydrogen) atoms. The Labute approximate surface area is 367 Å². The Morgan fingerprint density at radius 3 is 1.77 bits per heavy atom. The van der Waals surface area contributed by atoms with E-state index < -0.39 is 0 Å². The molecule has 1 saturated carbocycles. The monoisotopic (exact) mass is 814 g/mol. The van der Waals surface area contributed by atoms with Crippen molar-refractivity contribution in [2.75, 3.05) is 9.71 Å². The van der Waals surface area contributed by atoms with Crippen LogP contribution >= 0.6 is 0 Å². The first kappa shape index (κ1) is 38.3. The van der Waals surface area contributed by atoms with E-state index >= 15 is 0 Å². The maximum absolute atomic E-state index is 6.92. The smallest absolute Gasteiger partial charge is 0.333 e. The Hall–Kier alpha value is -5.42. The lowest BCUT2D eigenvalue weighted by atomic mass is 9.43. The van der Waals surface area contributed by atoms with Crippen LogP contribution in [0.5, 0.6) is 0 Å². The minimum Gasteiger partial charge on any atom is -0.456 e. The van der Waals surface area contributed by atoms with E-state index in [0.29, 0.717) is 0 Å². The fraction of sp³-hybridized carbons (Fsp3) is 0.368. The van der Waals surface area contributed by atoms with Crippen LogP contribution in [0.15, 0.2) is 99.8 Å². The Morgan fingerprint density at radius 2 is 1.13 bits per heavy atom. The molecule has 5 heteroatoms. The third kappa shape index (κ3) is 4.97. The molecule has 3 aliphatic heterocycles. The molecule has 1 aliphatic carbocycles. The molecule has 5 heterocycles. The Balaban J connectivity index is 1.19. The molecular weight excluding hydrogens is 755 g/mol. The Morgan fingerprint density at radius 1 is 0.548 bits per heavy atom. The fourth-order valence-corrected chi connectivity index (χ4v) is 12.3. The van der Waals surface area contributed by atoms with E-state index in [2.05, 4.69) is 184 Å². The second-order valence-corrected chi connectivity index (χ2v) is 23.0. The lowest BCUT2D eigenvalue weighted by molar-refractivity contribution is 0.195. The molecule has 0 spiro atoms. The van der Waals surface area contributed by atoms with Gasteiger partial charge >= 0.3 is 6.85 Å². The summed E-state index contributed by atoms with van der Waals surface area (Å²) in [4.78, 5) is 5.51. The van der Waals surface area contributed by atoms with E-state index in [1.54, 1.807) is 0 Å². The van der Waals surface area contributed by atoms with Crippen molar-refractivity contribution in [3.05, 3.63) is 119 Å². The molecule has 8 aromatic rings. The van der Waals surface area contributed by atoms with Crippen LogP contribution < -0.4 is 20.6 Å². The van der Waals surface area contributed by atoms with Crippen LogP contribution in [-0.4, -0.2) is 12.4 Å². The average Bonchev–Trinajstić information content (AvgIpc) is 3.82. The van der Waals surface area contributed by atoms with Gasteiger partial charge in [0.15, 0.2) is 0 Å². The first-order valence-electron chi connectivity index (χ1n) is 23.2. The van der Waals surface area contributed by atoms with Crippen molar-refractivity contribution in [1.29, 1.82) is 0 Å². The number of anilines is 4. The maximum atomic E-state index is 6.92. The van der Waals surface area contributed by atoms with E-state index in [0.717, 1.165) is 44.2 Å².